The SMILES string of the molecule is C[C@H](Oc1ccc(C(=O)c2ccccc2)cc1)C(=O)NCc1ccccc1. The highest BCUT2D eigenvalue weighted by Crippen LogP contribution is 2.17. The Morgan fingerprint density at radius 3 is 2.00 bits per heavy atom. The molecule has 0 unspecified atom stereocenters. The Bertz CT molecular complexity index is 890. The summed E-state index contributed by atoms with van der Waals surface area (Å²) < 4.78 is 5.68. The molecule has 136 valence electrons. The van der Waals surface area contributed by atoms with Gasteiger partial charge < -0.3 is 10.1 Å². The largest absolute Gasteiger partial charge is 0.481 e. The van der Waals surface area contributed by atoms with Crippen LogP contribution in [0.1, 0.15) is 28.4 Å². The highest BCUT2D eigenvalue weighted by atomic mass is 16.5. The maximum Gasteiger partial charge on any atom is 0.261 e. The minimum Gasteiger partial charge on any atom is -0.481 e. The topological polar surface area (TPSA) is 55.4 Å². The first-order valence-electron chi connectivity index (χ1n) is 8.81. The third-order valence-electron chi connectivity index (χ3n) is 4.14. The van der Waals surface area contributed by atoms with Crippen LogP contribution < -0.4 is 10.1 Å². The molecule has 3 aromatic carbocycles. The van der Waals surface area contributed by atoms with Gasteiger partial charge in [-0.15, -0.1) is 0 Å². The van der Waals surface area contributed by atoms with Gasteiger partial charge in [-0.05, 0) is 36.8 Å². The predicted molar refractivity (Wildman–Crippen MR) is 105 cm³/mol. The van der Waals surface area contributed by atoms with Crippen molar-refractivity contribution in [3.63, 3.8) is 0 Å². The molecule has 1 amide bonds. The van der Waals surface area contributed by atoms with Crippen LogP contribution in [0.2, 0.25) is 0 Å². The van der Waals surface area contributed by atoms with Gasteiger partial charge in [-0.2, -0.15) is 0 Å². The fourth-order valence-electron chi connectivity index (χ4n) is 2.63. The number of rotatable bonds is 7. The summed E-state index contributed by atoms with van der Waals surface area (Å²) in [5, 5.41) is 2.85. The quantitative estimate of drug-likeness (QED) is 0.649. The number of carbonyl (C=O) groups excluding carboxylic acids is 2. The van der Waals surface area contributed by atoms with E-state index in [0.717, 1.165) is 5.56 Å². The number of ketones is 1. The second-order valence-electron chi connectivity index (χ2n) is 6.18. The predicted octanol–water partition coefficient (Wildman–Crippen LogP) is 4.00. The average Bonchev–Trinajstić information content (AvgIpc) is 2.73. The van der Waals surface area contributed by atoms with E-state index in [-0.39, 0.29) is 11.7 Å². The van der Waals surface area contributed by atoms with Gasteiger partial charge in [0.05, 0.1) is 0 Å². The number of hydrogen-bond acceptors (Lipinski definition) is 3. The molecule has 0 bridgehead atoms. The molecule has 3 aromatic rings. The first-order valence-corrected chi connectivity index (χ1v) is 8.81. The summed E-state index contributed by atoms with van der Waals surface area (Å²) >= 11 is 0. The van der Waals surface area contributed by atoms with E-state index in [1.165, 1.54) is 0 Å². The molecule has 0 saturated carbocycles. The third kappa shape index (κ3) is 5.05. The summed E-state index contributed by atoms with van der Waals surface area (Å²) in [5.74, 6) is 0.307. The van der Waals surface area contributed by atoms with Crippen LogP contribution in [0, 0.1) is 0 Å². The van der Waals surface area contributed by atoms with Crippen LogP contribution >= 0.6 is 0 Å². The van der Waals surface area contributed by atoms with E-state index in [4.69, 9.17) is 4.74 Å². The van der Waals surface area contributed by atoms with E-state index in [9.17, 15) is 9.59 Å². The van der Waals surface area contributed by atoms with E-state index >= 15 is 0 Å². The van der Waals surface area contributed by atoms with Gasteiger partial charge in [0, 0.05) is 17.7 Å². The minimum atomic E-state index is -0.635. The average molecular weight is 359 g/mol. The molecule has 0 aliphatic heterocycles. The van der Waals surface area contributed by atoms with Gasteiger partial charge in [0.1, 0.15) is 5.75 Å². The van der Waals surface area contributed by atoms with E-state index in [0.29, 0.717) is 23.4 Å². The van der Waals surface area contributed by atoms with E-state index in [1.54, 1.807) is 43.3 Å². The molecule has 4 heteroatoms. The van der Waals surface area contributed by atoms with Gasteiger partial charge in [-0.3, -0.25) is 9.59 Å². The lowest BCUT2D eigenvalue weighted by atomic mass is 10.0. The number of nitrogens with one attached hydrogen (secondary N) is 1. The Balaban J connectivity index is 1.56. The monoisotopic (exact) mass is 359 g/mol. The normalized spacial score (nSPS) is 11.4. The number of hydrogen-bond donors (Lipinski definition) is 1. The Morgan fingerprint density at radius 1 is 0.815 bits per heavy atom. The standard InChI is InChI=1S/C23H21NO3/c1-17(23(26)24-16-18-8-4-2-5-9-18)27-21-14-12-20(13-15-21)22(25)19-10-6-3-7-11-19/h2-15,17H,16H2,1H3,(H,24,26)/t17-/m0/s1. The smallest absolute Gasteiger partial charge is 0.261 e. The van der Waals surface area contributed by atoms with Gasteiger partial charge >= 0.3 is 0 Å². The molecular weight excluding hydrogens is 338 g/mol. The zero-order chi connectivity index (χ0) is 19.1. The van der Waals surface area contributed by atoms with Crippen LogP contribution in [-0.4, -0.2) is 17.8 Å². The van der Waals surface area contributed by atoms with Crippen molar-refractivity contribution in [1.82, 2.24) is 5.32 Å². The molecular formula is C23H21NO3. The van der Waals surface area contributed by atoms with Gasteiger partial charge in [-0.25, -0.2) is 0 Å². The number of ether oxygens (including phenoxy) is 1. The molecule has 0 spiro atoms. The van der Waals surface area contributed by atoms with Crippen molar-refractivity contribution >= 4 is 11.7 Å². The maximum atomic E-state index is 12.4. The first kappa shape index (κ1) is 18.4. The number of amides is 1. The van der Waals surface area contributed by atoms with Crippen LogP contribution in [0.15, 0.2) is 84.9 Å². The van der Waals surface area contributed by atoms with Gasteiger partial charge in [-0.1, -0.05) is 60.7 Å². The molecule has 1 atom stereocenters. The summed E-state index contributed by atoms with van der Waals surface area (Å²) in [6, 6.07) is 25.6. The fraction of sp³-hybridized carbons (Fsp3) is 0.130. The Hall–Kier alpha value is -3.40. The fourth-order valence-corrected chi connectivity index (χ4v) is 2.63. The van der Waals surface area contributed by atoms with E-state index in [1.807, 2.05) is 48.5 Å². The highest BCUT2D eigenvalue weighted by Gasteiger charge is 2.15. The van der Waals surface area contributed by atoms with Crippen molar-refractivity contribution in [2.24, 2.45) is 0 Å². The van der Waals surface area contributed by atoms with Crippen LogP contribution in [0.4, 0.5) is 0 Å². The van der Waals surface area contributed by atoms with Crippen LogP contribution in [0.5, 0.6) is 5.75 Å². The summed E-state index contributed by atoms with van der Waals surface area (Å²) in [6.45, 7) is 2.15. The second-order valence-corrected chi connectivity index (χ2v) is 6.18. The molecule has 0 aliphatic rings. The first-order chi connectivity index (χ1) is 13.1. The number of benzene rings is 3. The van der Waals surface area contributed by atoms with Crippen molar-refractivity contribution in [1.29, 1.82) is 0 Å². The summed E-state index contributed by atoms with van der Waals surface area (Å²) in [7, 11) is 0. The Kier molecular flexibility index (Phi) is 6.00. The second kappa shape index (κ2) is 8.81. The van der Waals surface area contributed by atoms with Crippen LogP contribution in [0.25, 0.3) is 0 Å². The number of carbonyl (C=O) groups is 2. The molecule has 0 aromatic heterocycles. The molecule has 0 fully saturated rings. The van der Waals surface area contributed by atoms with Crippen molar-refractivity contribution in [2.75, 3.05) is 0 Å². The lowest BCUT2D eigenvalue weighted by Gasteiger charge is -2.15. The maximum absolute atomic E-state index is 12.4. The van der Waals surface area contributed by atoms with Crippen molar-refractivity contribution in [3.8, 4) is 5.75 Å². The van der Waals surface area contributed by atoms with Crippen LogP contribution in [-0.2, 0) is 11.3 Å². The van der Waals surface area contributed by atoms with Crippen LogP contribution in [0.3, 0.4) is 0 Å². The molecule has 4 nitrogen and oxygen atoms in total. The summed E-state index contributed by atoms with van der Waals surface area (Å²) in [5.41, 5.74) is 2.25. The molecule has 0 saturated heterocycles. The Morgan fingerprint density at radius 2 is 1.37 bits per heavy atom. The minimum absolute atomic E-state index is 0.0456. The van der Waals surface area contributed by atoms with Crippen molar-refractivity contribution in [2.45, 2.75) is 19.6 Å². The van der Waals surface area contributed by atoms with E-state index in [2.05, 4.69) is 5.32 Å². The zero-order valence-electron chi connectivity index (χ0n) is 15.1. The lowest BCUT2D eigenvalue weighted by molar-refractivity contribution is -0.127. The van der Waals surface area contributed by atoms with E-state index < -0.39 is 6.10 Å². The third-order valence-corrected chi connectivity index (χ3v) is 4.14. The molecule has 27 heavy (non-hydrogen) atoms. The molecule has 3 rings (SSSR count). The summed E-state index contributed by atoms with van der Waals surface area (Å²) in [4.78, 5) is 24.6. The summed E-state index contributed by atoms with van der Waals surface area (Å²) in [6.07, 6.45) is -0.635. The zero-order valence-corrected chi connectivity index (χ0v) is 15.1. The molecule has 1 N–H and O–H groups in total. The lowest BCUT2D eigenvalue weighted by Crippen LogP contribution is -2.35. The van der Waals surface area contributed by atoms with Crippen molar-refractivity contribution < 1.29 is 14.3 Å². The molecule has 0 heterocycles. The van der Waals surface area contributed by atoms with Gasteiger partial charge in [0.15, 0.2) is 11.9 Å². The van der Waals surface area contributed by atoms with Gasteiger partial charge in [0.25, 0.3) is 5.91 Å². The highest BCUT2D eigenvalue weighted by molar-refractivity contribution is 6.08. The van der Waals surface area contributed by atoms with Crippen molar-refractivity contribution in [3.05, 3.63) is 102 Å². The van der Waals surface area contributed by atoms with Gasteiger partial charge in [0.2, 0.25) is 0 Å². The molecule has 0 radical (unpaired) electrons. The Labute approximate surface area is 158 Å². The molecule has 0 aliphatic carbocycles.